The lowest BCUT2D eigenvalue weighted by atomic mass is 10.2. The molecule has 0 fully saturated rings. The van der Waals surface area contributed by atoms with E-state index in [-0.39, 0.29) is 0 Å². The Morgan fingerprint density at radius 3 is 3.07 bits per heavy atom. The van der Waals surface area contributed by atoms with Crippen LogP contribution in [0.15, 0.2) is 30.9 Å². The highest BCUT2D eigenvalue weighted by molar-refractivity contribution is 5.84. The minimum Gasteiger partial charge on any atom is -0.298 e. The van der Waals surface area contributed by atoms with Crippen molar-refractivity contribution in [2.24, 2.45) is 0 Å². The molecule has 0 aliphatic rings. The molecule has 0 aliphatic carbocycles. The lowest BCUT2D eigenvalue weighted by Crippen LogP contribution is -1.98. The number of carbonyl (C=O) groups excluding carboxylic acids is 1. The van der Waals surface area contributed by atoms with Crippen molar-refractivity contribution in [1.82, 2.24) is 15.0 Å². The van der Waals surface area contributed by atoms with Gasteiger partial charge in [0.15, 0.2) is 0 Å². The maximum Gasteiger partial charge on any atom is 0.150 e. The minimum absolute atomic E-state index is 0.623. The number of nitrogens with zero attached hydrogens (tertiary/aromatic N) is 3. The molecule has 2 aromatic rings. The van der Waals surface area contributed by atoms with Gasteiger partial charge >= 0.3 is 0 Å². The number of carbonyl (C=O) groups is 1. The third-order valence-electron chi connectivity index (χ3n) is 2.22. The van der Waals surface area contributed by atoms with E-state index in [4.69, 9.17) is 0 Å². The van der Waals surface area contributed by atoms with Gasteiger partial charge in [0.25, 0.3) is 0 Å². The van der Waals surface area contributed by atoms with Crippen molar-refractivity contribution < 1.29 is 4.79 Å². The molecule has 0 saturated heterocycles. The predicted molar refractivity (Wildman–Crippen MR) is 57.7 cm³/mol. The standard InChI is InChI=1S/C11H11N3O/c1-2-3-6-14-11-5-4-9(8-15)7-10(11)12-13-14/h2,4-5,7-8H,1,3,6H2. The van der Waals surface area contributed by atoms with Gasteiger partial charge in [0, 0.05) is 12.1 Å². The van der Waals surface area contributed by atoms with Gasteiger partial charge in [-0.3, -0.25) is 4.79 Å². The SMILES string of the molecule is C=CCCn1nnc2cc(C=O)ccc21. The molecule has 0 spiro atoms. The molecule has 0 aliphatic heterocycles. The quantitative estimate of drug-likeness (QED) is 0.560. The van der Waals surface area contributed by atoms with Crippen LogP contribution >= 0.6 is 0 Å². The Balaban J connectivity index is 2.42. The maximum absolute atomic E-state index is 10.6. The zero-order chi connectivity index (χ0) is 10.7. The zero-order valence-corrected chi connectivity index (χ0v) is 8.26. The average Bonchev–Trinajstić information content (AvgIpc) is 2.68. The Labute approximate surface area is 87.2 Å². The largest absolute Gasteiger partial charge is 0.298 e. The second kappa shape index (κ2) is 4.04. The van der Waals surface area contributed by atoms with Gasteiger partial charge in [-0.25, -0.2) is 4.68 Å². The summed E-state index contributed by atoms with van der Waals surface area (Å²) < 4.78 is 1.81. The Morgan fingerprint density at radius 1 is 1.47 bits per heavy atom. The maximum atomic E-state index is 10.6. The van der Waals surface area contributed by atoms with Gasteiger partial charge in [-0.05, 0) is 24.6 Å². The van der Waals surface area contributed by atoms with Crippen molar-refractivity contribution in [1.29, 1.82) is 0 Å². The van der Waals surface area contributed by atoms with Crippen molar-refractivity contribution in [3.63, 3.8) is 0 Å². The molecule has 0 unspecified atom stereocenters. The van der Waals surface area contributed by atoms with E-state index < -0.39 is 0 Å². The Hall–Kier alpha value is -1.97. The van der Waals surface area contributed by atoms with E-state index in [1.54, 1.807) is 12.1 Å². The fourth-order valence-electron chi connectivity index (χ4n) is 1.44. The van der Waals surface area contributed by atoms with E-state index in [1.807, 2.05) is 16.8 Å². The number of allylic oxidation sites excluding steroid dienone is 1. The second-order valence-electron chi connectivity index (χ2n) is 3.26. The monoisotopic (exact) mass is 201 g/mol. The van der Waals surface area contributed by atoms with Crippen molar-refractivity contribution in [2.45, 2.75) is 13.0 Å². The molecule has 0 atom stereocenters. The molecule has 0 saturated carbocycles. The topological polar surface area (TPSA) is 47.8 Å². The molecule has 2 rings (SSSR count). The lowest BCUT2D eigenvalue weighted by molar-refractivity contribution is 0.112. The van der Waals surface area contributed by atoms with Crippen LogP contribution in [0.5, 0.6) is 0 Å². The van der Waals surface area contributed by atoms with Crippen LogP contribution < -0.4 is 0 Å². The first kappa shape index (κ1) is 9.58. The molecule has 76 valence electrons. The summed E-state index contributed by atoms with van der Waals surface area (Å²) in [5.74, 6) is 0. The first-order valence-corrected chi connectivity index (χ1v) is 4.74. The Morgan fingerprint density at radius 2 is 2.33 bits per heavy atom. The van der Waals surface area contributed by atoms with Crippen molar-refractivity contribution in [3.8, 4) is 0 Å². The first-order valence-electron chi connectivity index (χ1n) is 4.74. The van der Waals surface area contributed by atoms with Gasteiger partial charge in [-0.2, -0.15) is 0 Å². The van der Waals surface area contributed by atoms with Crippen LogP contribution in [0.25, 0.3) is 11.0 Å². The summed E-state index contributed by atoms with van der Waals surface area (Å²) in [4.78, 5) is 10.6. The number of aldehydes is 1. The van der Waals surface area contributed by atoms with Gasteiger partial charge in [0.2, 0.25) is 0 Å². The van der Waals surface area contributed by atoms with Crippen LogP contribution in [0, 0.1) is 0 Å². The third kappa shape index (κ3) is 1.79. The van der Waals surface area contributed by atoms with E-state index in [1.165, 1.54) is 0 Å². The number of hydrogen-bond donors (Lipinski definition) is 0. The molecule has 4 heteroatoms. The summed E-state index contributed by atoms with van der Waals surface area (Å²) in [6, 6.07) is 5.37. The summed E-state index contributed by atoms with van der Waals surface area (Å²) in [7, 11) is 0. The molecule has 0 bridgehead atoms. The molecule has 1 aromatic carbocycles. The molecule has 0 N–H and O–H groups in total. The molecule has 4 nitrogen and oxygen atoms in total. The summed E-state index contributed by atoms with van der Waals surface area (Å²) in [5.41, 5.74) is 2.32. The molecule has 1 aromatic heterocycles. The van der Waals surface area contributed by atoms with Crippen molar-refractivity contribution in [2.75, 3.05) is 0 Å². The van der Waals surface area contributed by atoms with E-state index in [9.17, 15) is 4.79 Å². The van der Waals surface area contributed by atoms with E-state index in [0.717, 1.165) is 30.3 Å². The number of aryl methyl sites for hydroxylation is 1. The highest BCUT2D eigenvalue weighted by Crippen LogP contribution is 2.12. The van der Waals surface area contributed by atoms with Crippen LogP contribution in [-0.4, -0.2) is 21.3 Å². The van der Waals surface area contributed by atoms with Crippen molar-refractivity contribution in [3.05, 3.63) is 36.4 Å². The number of hydrogen-bond acceptors (Lipinski definition) is 3. The number of aromatic nitrogens is 3. The van der Waals surface area contributed by atoms with Crippen LogP contribution in [0.4, 0.5) is 0 Å². The minimum atomic E-state index is 0.623. The summed E-state index contributed by atoms with van der Waals surface area (Å²) >= 11 is 0. The van der Waals surface area contributed by atoms with E-state index >= 15 is 0 Å². The van der Waals surface area contributed by atoms with Gasteiger partial charge in [-0.1, -0.05) is 11.3 Å². The van der Waals surface area contributed by atoms with Crippen LogP contribution in [0.3, 0.4) is 0 Å². The molecule has 0 amide bonds. The smallest absolute Gasteiger partial charge is 0.150 e. The Kier molecular flexibility index (Phi) is 2.58. The lowest BCUT2D eigenvalue weighted by Gasteiger charge is -1.98. The van der Waals surface area contributed by atoms with Crippen LogP contribution in [0.1, 0.15) is 16.8 Å². The number of rotatable bonds is 4. The fraction of sp³-hybridized carbons (Fsp3) is 0.182. The number of benzene rings is 1. The van der Waals surface area contributed by atoms with E-state index in [0.29, 0.717) is 5.56 Å². The Bertz CT molecular complexity index is 502. The average molecular weight is 201 g/mol. The molecular weight excluding hydrogens is 190 g/mol. The van der Waals surface area contributed by atoms with Gasteiger partial charge in [0.1, 0.15) is 11.8 Å². The number of fused-ring (bicyclic) bond motifs is 1. The van der Waals surface area contributed by atoms with Crippen LogP contribution in [-0.2, 0) is 6.54 Å². The first-order chi connectivity index (χ1) is 7.35. The van der Waals surface area contributed by atoms with Gasteiger partial charge < -0.3 is 0 Å². The molecule has 1 heterocycles. The fourth-order valence-corrected chi connectivity index (χ4v) is 1.44. The van der Waals surface area contributed by atoms with Crippen molar-refractivity contribution >= 4 is 17.3 Å². The zero-order valence-electron chi connectivity index (χ0n) is 8.26. The third-order valence-corrected chi connectivity index (χ3v) is 2.22. The molecular formula is C11H11N3O. The van der Waals surface area contributed by atoms with E-state index in [2.05, 4.69) is 16.9 Å². The highest BCUT2D eigenvalue weighted by atomic mass is 16.1. The normalized spacial score (nSPS) is 10.4. The summed E-state index contributed by atoms with van der Waals surface area (Å²) in [6.07, 6.45) is 3.50. The molecule has 15 heavy (non-hydrogen) atoms. The van der Waals surface area contributed by atoms with Gasteiger partial charge in [0.05, 0.1) is 5.52 Å². The second-order valence-corrected chi connectivity index (χ2v) is 3.26. The summed E-state index contributed by atoms with van der Waals surface area (Å²) in [6.45, 7) is 4.42. The summed E-state index contributed by atoms with van der Waals surface area (Å²) in [5, 5.41) is 8.01. The molecule has 0 radical (unpaired) electrons. The predicted octanol–water partition coefficient (Wildman–Crippen LogP) is 1.82. The van der Waals surface area contributed by atoms with Gasteiger partial charge in [-0.15, -0.1) is 11.7 Å². The highest BCUT2D eigenvalue weighted by Gasteiger charge is 2.03. The van der Waals surface area contributed by atoms with Crippen LogP contribution in [0.2, 0.25) is 0 Å².